The largest absolute Gasteiger partial charge is 0.453 e. The summed E-state index contributed by atoms with van der Waals surface area (Å²) in [7, 11) is 3.67. The van der Waals surface area contributed by atoms with Crippen molar-refractivity contribution in [3.63, 3.8) is 0 Å². The zero-order chi connectivity index (χ0) is 18.4. The molecular formula is C15H10ClF2N4O2S2+. The molecule has 4 rings (SSSR count). The quantitative estimate of drug-likeness (QED) is 0.482. The van der Waals surface area contributed by atoms with Crippen molar-refractivity contribution >= 4 is 33.0 Å². The average molecular weight is 416 g/mol. The van der Waals surface area contributed by atoms with E-state index < -0.39 is 21.9 Å². The monoisotopic (exact) mass is 415 g/mol. The predicted octanol–water partition coefficient (Wildman–Crippen LogP) is 3.73. The second-order valence-electron chi connectivity index (χ2n) is 5.49. The Hall–Kier alpha value is -2.04. The van der Waals surface area contributed by atoms with E-state index in [1.165, 1.54) is 16.7 Å². The topological polar surface area (TPSA) is 60.9 Å². The maximum Gasteiger partial charge on any atom is 0.453 e. The summed E-state index contributed by atoms with van der Waals surface area (Å²) in [6.45, 7) is 1.74. The Morgan fingerprint density at radius 2 is 2.12 bits per heavy atom. The van der Waals surface area contributed by atoms with Gasteiger partial charge in [-0.1, -0.05) is 0 Å². The number of aromatic nitrogens is 4. The van der Waals surface area contributed by atoms with Gasteiger partial charge in [0, 0.05) is 38.3 Å². The molecule has 3 heterocycles. The van der Waals surface area contributed by atoms with Crippen molar-refractivity contribution in [1.29, 1.82) is 0 Å². The van der Waals surface area contributed by atoms with E-state index in [0.717, 1.165) is 4.09 Å². The summed E-state index contributed by atoms with van der Waals surface area (Å²) in [6, 6.07) is 5.56. The molecular weight excluding hydrogens is 406 g/mol. The van der Waals surface area contributed by atoms with Crippen molar-refractivity contribution in [2.75, 3.05) is 0 Å². The predicted molar refractivity (Wildman–Crippen MR) is 92.3 cm³/mol. The minimum absolute atomic E-state index is 0.00316. The molecule has 0 fully saturated rings. The Morgan fingerprint density at radius 3 is 2.77 bits per heavy atom. The molecule has 6 nitrogen and oxygen atoms in total. The molecule has 0 amide bonds. The highest BCUT2D eigenvalue weighted by Gasteiger charge is 2.41. The first-order valence-corrected chi connectivity index (χ1v) is 9.99. The van der Waals surface area contributed by atoms with Crippen LogP contribution in [0.3, 0.4) is 0 Å². The second kappa shape index (κ2) is 6.60. The fourth-order valence-corrected chi connectivity index (χ4v) is 4.13. The molecule has 0 aliphatic carbocycles. The van der Waals surface area contributed by atoms with Gasteiger partial charge in [-0.2, -0.15) is 4.57 Å². The molecule has 11 heteroatoms. The molecule has 3 aromatic rings. The van der Waals surface area contributed by atoms with E-state index in [0.29, 0.717) is 22.4 Å². The SMILES string of the molecule is CC1c2cc(F)cc(-c3ccncc3)c2Oc2n(SF)nc(S(=O)Cl)[n+]21. The Kier molecular flexibility index (Phi) is 4.41. The fraction of sp³-hybridized carbons (Fsp3) is 0.133. The Balaban J connectivity index is 1.97. The third kappa shape index (κ3) is 2.68. The number of nitrogens with zero attached hydrogens (tertiary/aromatic N) is 4. The number of hydrogen-bond donors (Lipinski definition) is 0. The normalized spacial score (nSPS) is 16.5. The van der Waals surface area contributed by atoms with E-state index in [-0.39, 0.29) is 23.5 Å². The molecule has 2 unspecified atom stereocenters. The molecule has 26 heavy (non-hydrogen) atoms. The Morgan fingerprint density at radius 1 is 1.38 bits per heavy atom. The number of fused-ring (bicyclic) bond motifs is 2. The first-order valence-electron chi connectivity index (χ1n) is 7.34. The van der Waals surface area contributed by atoms with E-state index in [1.807, 2.05) is 0 Å². The van der Waals surface area contributed by atoms with Crippen LogP contribution in [-0.2, 0) is 10.0 Å². The minimum atomic E-state index is -2.00. The van der Waals surface area contributed by atoms with Crippen LogP contribution in [0.15, 0.2) is 41.8 Å². The molecule has 0 saturated heterocycles. The van der Waals surface area contributed by atoms with Crippen LogP contribution in [0.25, 0.3) is 11.1 Å². The van der Waals surface area contributed by atoms with Crippen LogP contribution in [0.1, 0.15) is 18.5 Å². The van der Waals surface area contributed by atoms with E-state index in [4.69, 9.17) is 15.4 Å². The van der Waals surface area contributed by atoms with Crippen LogP contribution in [0, 0.1) is 5.82 Å². The van der Waals surface area contributed by atoms with E-state index in [1.54, 1.807) is 31.5 Å². The number of halogens is 3. The number of benzene rings is 1. The van der Waals surface area contributed by atoms with E-state index in [9.17, 15) is 12.5 Å². The highest BCUT2D eigenvalue weighted by atomic mass is 35.7. The van der Waals surface area contributed by atoms with Crippen LogP contribution < -0.4 is 9.30 Å². The van der Waals surface area contributed by atoms with Gasteiger partial charge in [0.05, 0.1) is 5.10 Å². The molecule has 1 aliphatic rings. The van der Waals surface area contributed by atoms with Crippen molar-refractivity contribution in [1.82, 2.24) is 14.2 Å². The highest BCUT2D eigenvalue weighted by molar-refractivity contribution is 8.08. The summed E-state index contributed by atoms with van der Waals surface area (Å²) >= 11 is -0.214. The Bertz CT molecular complexity index is 1030. The number of hydrogen-bond acceptors (Lipinski definition) is 5. The van der Waals surface area contributed by atoms with Gasteiger partial charge in [-0.25, -0.2) is 8.60 Å². The maximum atomic E-state index is 14.3. The number of rotatable bonds is 3. The minimum Gasteiger partial charge on any atom is -0.400 e. The van der Waals surface area contributed by atoms with Crippen molar-refractivity contribution in [2.24, 2.45) is 0 Å². The first kappa shape index (κ1) is 17.4. The third-order valence-electron chi connectivity index (χ3n) is 4.07. The molecule has 2 aromatic heterocycles. The van der Waals surface area contributed by atoms with Crippen molar-refractivity contribution < 1.29 is 21.8 Å². The molecule has 1 aliphatic heterocycles. The summed E-state index contributed by atoms with van der Waals surface area (Å²) in [6.07, 6.45) is 3.16. The third-order valence-corrected chi connectivity index (χ3v) is 5.41. The Labute approximate surface area is 158 Å². The second-order valence-corrected chi connectivity index (χ2v) is 7.62. The molecule has 0 bridgehead atoms. The van der Waals surface area contributed by atoms with Crippen molar-refractivity contribution in [3.8, 4) is 22.9 Å². The van der Waals surface area contributed by atoms with Gasteiger partial charge in [0.2, 0.25) is 10.0 Å². The van der Waals surface area contributed by atoms with Crippen LogP contribution in [-0.4, -0.2) is 18.4 Å². The summed E-state index contributed by atoms with van der Waals surface area (Å²) in [5.74, 6) is -0.0944. The molecule has 0 N–H and O–H groups in total. The summed E-state index contributed by atoms with van der Waals surface area (Å²) in [5.41, 5.74) is 1.68. The highest BCUT2D eigenvalue weighted by Crippen LogP contribution is 2.43. The van der Waals surface area contributed by atoms with Crippen LogP contribution in [0.2, 0.25) is 0 Å². The lowest BCUT2D eigenvalue weighted by Gasteiger charge is -2.23. The molecule has 2 atom stereocenters. The van der Waals surface area contributed by atoms with Gasteiger partial charge in [0.25, 0.3) is 12.3 Å². The van der Waals surface area contributed by atoms with E-state index >= 15 is 0 Å². The van der Waals surface area contributed by atoms with Crippen LogP contribution >= 0.6 is 23.0 Å². The number of ether oxygens (including phenoxy) is 1. The van der Waals surface area contributed by atoms with Gasteiger partial charge in [-0.05, 0) is 36.8 Å². The zero-order valence-electron chi connectivity index (χ0n) is 13.1. The maximum absolute atomic E-state index is 14.3. The van der Waals surface area contributed by atoms with Crippen LogP contribution in [0.4, 0.5) is 8.28 Å². The average Bonchev–Trinajstić information content (AvgIpc) is 3.02. The van der Waals surface area contributed by atoms with Gasteiger partial charge < -0.3 is 4.74 Å². The van der Waals surface area contributed by atoms with Gasteiger partial charge in [0.1, 0.15) is 17.6 Å². The van der Waals surface area contributed by atoms with Crippen molar-refractivity contribution in [3.05, 3.63) is 48.0 Å². The molecule has 1 aromatic carbocycles. The summed E-state index contributed by atoms with van der Waals surface area (Å²) in [4.78, 5) is 3.95. The molecule has 0 spiro atoms. The summed E-state index contributed by atoms with van der Waals surface area (Å²) < 4.78 is 47.4. The van der Waals surface area contributed by atoms with Crippen molar-refractivity contribution in [2.45, 2.75) is 18.1 Å². The zero-order valence-corrected chi connectivity index (χ0v) is 15.5. The van der Waals surface area contributed by atoms with Gasteiger partial charge in [-0.3, -0.25) is 4.98 Å². The van der Waals surface area contributed by atoms with E-state index in [2.05, 4.69) is 10.1 Å². The molecule has 0 radical (unpaired) electrons. The van der Waals surface area contributed by atoms with Gasteiger partial charge in [-0.15, -0.1) is 3.89 Å². The number of pyridine rings is 1. The molecule has 0 saturated carbocycles. The summed E-state index contributed by atoms with van der Waals surface area (Å²) in [5, 5.41) is 3.79. The smallest absolute Gasteiger partial charge is 0.400 e. The van der Waals surface area contributed by atoms with Gasteiger partial charge >= 0.3 is 11.2 Å². The van der Waals surface area contributed by atoms with Gasteiger partial charge in [0.15, 0.2) is 0 Å². The lowest BCUT2D eigenvalue weighted by Crippen LogP contribution is -2.44. The first-order chi connectivity index (χ1) is 12.5. The lowest BCUT2D eigenvalue weighted by atomic mass is 9.97. The molecule has 134 valence electrons. The van der Waals surface area contributed by atoms with Crippen LogP contribution in [0.5, 0.6) is 11.8 Å². The fourth-order valence-electron chi connectivity index (χ4n) is 2.93. The standard InChI is InChI=1S/C15H10ClF2N4O2S2/c1-8-11-6-10(17)7-12(9-2-4-19-5-3-9)13(11)24-15-21(8)14(26(16)23)20-22(15)25-18/h2-8H,1H3/q+1. The lowest BCUT2D eigenvalue weighted by molar-refractivity contribution is -0.752.